The Morgan fingerprint density at radius 2 is 1.83 bits per heavy atom. The van der Waals surface area contributed by atoms with Gasteiger partial charge in [0.2, 0.25) is 5.95 Å². The Balaban J connectivity index is 1.55. The molecule has 0 fully saturated rings. The first-order valence-electron chi connectivity index (χ1n) is 9.13. The molecule has 4 rings (SSSR count). The Hall–Kier alpha value is -3.61. The quantitative estimate of drug-likeness (QED) is 0.732. The lowest BCUT2D eigenvalue weighted by Crippen LogP contribution is -2.22. The zero-order valence-corrected chi connectivity index (χ0v) is 15.7. The van der Waals surface area contributed by atoms with E-state index in [1.54, 1.807) is 7.11 Å². The van der Waals surface area contributed by atoms with E-state index in [-0.39, 0.29) is 17.6 Å². The van der Waals surface area contributed by atoms with Gasteiger partial charge in [-0.05, 0) is 54.3 Å². The number of ether oxygens (including phenoxy) is 1. The lowest BCUT2D eigenvalue weighted by molar-refractivity contribution is 0.0962. The van der Waals surface area contributed by atoms with Crippen LogP contribution in [0.2, 0.25) is 0 Å². The van der Waals surface area contributed by atoms with Gasteiger partial charge in [0.15, 0.2) is 5.78 Å². The van der Waals surface area contributed by atoms with Crippen LogP contribution in [0.25, 0.3) is 0 Å². The molecule has 0 saturated heterocycles. The van der Waals surface area contributed by atoms with Crippen molar-refractivity contribution >= 4 is 17.6 Å². The summed E-state index contributed by atoms with van der Waals surface area (Å²) in [6.45, 7) is 0. The molecular formula is C22H18FN3O3. The van der Waals surface area contributed by atoms with E-state index in [9.17, 15) is 14.0 Å². The highest BCUT2D eigenvalue weighted by Crippen LogP contribution is 2.32. The molecule has 1 atom stereocenters. The molecule has 3 aromatic rings. The Morgan fingerprint density at radius 1 is 1.10 bits per heavy atom. The van der Waals surface area contributed by atoms with Crippen LogP contribution >= 0.6 is 0 Å². The van der Waals surface area contributed by atoms with Crippen LogP contribution < -0.4 is 10.1 Å². The number of aromatic nitrogens is 2. The molecule has 29 heavy (non-hydrogen) atoms. The molecule has 0 radical (unpaired) electrons. The number of halogens is 1. The number of nitrogens with one attached hydrogen (secondary N) is 1. The third-order valence-corrected chi connectivity index (χ3v) is 4.96. The predicted molar refractivity (Wildman–Crippen MR) is 105 cm³/mol. The molecule has 0 bridgehead atoms. The SMILES string of the molecule is COc1ccc([C@H]2CC(=O)c3cnc(NC(=O)c4ccc(F)cc4)nc3C2)cc1. The minimum Gasteiger partial charge on any atom is -0.497 e. The first-order chi connectivity index (χ1) is 14.0. The summed E-state index contributed by atoms with van der Waals surface area (Å²) in [5, 5.41) is 2.60. The van der Waals surface area contributed by atoms with Gasteiger partial charge in [0, 0.05) is 18.2 Å². The zero-order valence-electron chi connectivity index (χ0n) is 15.7. The number of benzene rings is 2. The Morgan fingerprint density at radius 3 is 2.52 bits per heavy atom. The van der Waals surface area contributed by atoms with E-state index in [0.717, 1.165) is 11.3 Å². The van der Waals surface area contributed by atoms with Crippen LogP contribution in [0.5, 0.6) is 5.75 Å². The first-order valence-corrected chi connectivity index (χ1v) is 9.13. The predicted octanol–water partition coefficient (Wildman–Crippen LogP) is 3.79. The lowest BCUT2D eigenvalue weighted by Gasteiger charge is -2.23. The van der Waals surface area contributed by atoms with E-state index >= 15 is 0 Å². The summed E-state index contributed by atoms with van der Waals surface area (Å²) < 4.78 is 18.2. The number of fused-ring (bicyclic) bond motifs is 1. The molecule has 0 saturated carbocycles. The Labute approximate surface area is 166 Å². The monoisotopic (exact) mass is 391 g/mol. The number of amides is 1. The van der Waals surface area contributed by atoms with Crippen LogP contribution in [-0.4, -0.2) is 28.8 Å². The average Bonchev–Trinajstić information content (AvgIpc) is 2.74. The standard InChI is InChI=1S/C22H18FN3O3/c1-29-17-8-4-13(5-9-17)15-10-19-18(20(27)11-15)12-24-22(25-19)26-21(28)14-2-6-16(23)7-3-14/h2-9,12,15H,10-11H2,1H3,(H,24,25,26,28)/t15-/m1/s1. The maximum absolute atomic E-state index is 13.0. The number of carbonyl (C=O) groups is 2. The van der Waals surface area contributed by atoms with Crippen molar-refractivity contribution in [2.75, 3.05) is 12.4 Å². The normalized spacial score (nSPS) is 15.5. The molecule has 1 N–H and O–H groups in total. The fourth-order valence-corrected chi connectivity index (χ4v) is 3.39. The molecule has 1 amide bonds. The third kappa shape index (κ3) is 3.99. The molecule has 1 aliphatic rings. The van der Waals surface area contributed by atoms with Crippen molar-refractivity contribution in [3.8, 4) is 5.75 Å². The van der Waals surface area contributed by atoms with Crippen molar-refractivity contribution in [3.05, 3.63) is 82.9 Å². The molecule has 146 valence electrons. The van der Waals surface area contributed by atoms with Gasteiger partial charge in [0.05, 0.1) is 18.4 Å². The van der Waals surface area contributed by atoms with Gasteiger partial charge in [-0.25, -0.2) is 14.4 Å². The van der Waals surface area contributed by atoms with Crippen LogP contribution in [0.1, 0.15) is 44.3 Å². The fourth-order valence-electron chi connectivity index (χ4n) is 3.39. The van der Waals surface area contributed by atoms with Crippen molar-refractivity contribution < 1.29 is 18.7 Å². The molecule has 6 nitrogen and oxygen atoms in total. The van der Waals surface area contributed by atoms with E-state index in [0.29, 0.717) is 29.7 Å². The van der Waals surface area contributed by atoms with Gasteiger partial charge in [-0.15, -0.1) is 0 Å². The van der Waals surface area contributed by atoms with Crippen LogP contribution in [0.15, 0.2) is 54.7 Å². The van der Waals surface area contributed by atoms with Crippen LogP contribution in [-0.2, 0) is 6.42 Å². The molecule has 1 aromatic heterocycles. The largest absolute Gasteiger partial charge is 0.497 e. The molecule has 0 spiro atoms. The first kappa shape index (κ1) is 18.7. The lowest BCUT2D eigenvalue weighted by atomic mass is 9.82. The number of nitrogens with zero attached hydrogens (tertiary/aromatic N) is 2. The second-order valence-corrected chi connectivity index (χ2v) is 6.82. The van der Waals surface area contributed by atoms with Gasteiger partial charge in [0.25, 0.3) is 5.91 Å². The summed E-state index contributed by atoms with van der Waals surface area (Å²) in [7, 11) is 1.61. The summed E-state index contributed by atoms with van der Waals surface area (Å²) in [4.78, 5) is 33.3. The Bertz CT molecular complexity index is 1070. The number of carbonyl (C=O) groups excluding carboxylic acids is 2. The van der Waals surface area contributed by atoms with E-state index in [1.807, 2.05) is 24.3 Å². The number of anilines is 1. The van der Waals surface area contributed by atoms with Crippen molar-refractivity contribution in [2.24, 2.45) is 0 Å². The van der Waals surface area contributed by atoms with Gasteiger partial charge in [0.1, 0.15) is 11.6 Å². The molecule has 7 heteroatoms. The topological polar surface area (TPSA) is 81.2 Å². The third-order valence-electron chi connectivity index (χ3n) is 4.96. The second kappa shape index (κ2) is 7.79. The molecule has 1 aliphatic carbocycles. The van der Waals surface area contributed by atoms with Gasteiger partial charge in [-0.2, -0.15) is 0 Å². The zero-order chi connectivity index (χ0) is 20.4. The van der Waals surface area contributed by atoms with E-state index < -0.39 is 11.7 Å². The number of hydrogen-bond donors (Lipinski definition) is 1. The summed E-state index contributed by atoms with van der Waals surface area (Å²) in [6.07, 6.45) is 2.40. The number of methoxy groups -OCH3 is 1. The maximum atomic E-state index is 13.0. The van der Waals surface area contributed by atoms with Crippen molar-refractivity contribution in [2.45, 2.75) is 18.8 Å². The smallest absolute Gasteiger partial charge is 0.258 e. The van der Waals surface area contributed by atoms with E-state index in [4.69, 9.17) is 4.74 Å². The van der Waals surface area contributed by atoms with Gasteiger partial charge in [-0.1, -0.05) is 12.1 Å². The van der Waals surface area contributed by atoms with E-state index in [2.05, 4.69) is 15.3 Å². The summed E-state index contributed by atoms with van der Waals surface area (Å²) >= 11 is 0. The molecule has 2 aromatic carbocycles. The molecule has 1 heterocycles. The van der Waals surface area contributed by atoms with Crippen molar-refractivity contribution in [1.29, 1.82) is 0 Å². The van der Waals surface area contributed by atoms with Crippen molar-refractivity contribution in [1.82, 2.24) is 9.97 Å². The van der Waals surface area contributed by atoms with Crippen LogP contribution in [0.4, 0.5) is 10.3 Å². The molecule has 0 aliphatic heterocycles. The van der Waals surface area contributed by atoms with Gasteiger partial charge >= 0.3 is 0 Å². The highest BCUT2D eigenvalue weighted by Gasteiger charge is 2.28. The minimum absolute atomic E-state index is 0.00328. The van der Waals surface area contributed by atoms with Crippen LogP contribution in [0.3, 0.4) is 0 Å². The van der Waals surface area contributed by atoms with Gasteiger partial charge in [-0.3, -0.25) is 14.9 Å². The number of rotatable bonds is 4. The average molecular weight is 391 g/mol. The highest BCUT2D eigenvalue weighted by molar-refractivity contribution is 6.03. The fraction of sp³-hybridized carbons (Fsp3) is 0.182. The molecule has 0 unspecified atom stereocenters. The summed E-state index contributed by atoms with van der Waals surface area (Å²) in [6, 6.07) is 12.8. The van der Waals surface area contributed by atoms with Crippen molar-refractivity contribution in [3.63, 3.8) is 0 Å². The number of hydrogen-bond acceptors (Lipinski definition) is 5. The maximum Gasteiger partial charge on any atom is 0.258 e. The van der Waals surface area contributed by atoms with E-state index in [1.165, 1.54) is 30.5 Å². The second-order valence-electron chi connectivity index (χ2n) is 6.82. The Kier molecular flexibility index (Phi) is 5.03. The number of ketones is 1. The van der Waals surface area contributed by atoms with Gasteiger partial charge < -0.3 is 4.74 Å². The minimum atomic E-state index is -0.446. The number of Topliss-reactive ketones (excluding diaryl/α,β-unsaturated/α-hetero) is 1. The molecular weight excluding hydrogens is 373 g/mol. The summed E-state index contributed by atoms with van der Waals surface area (Å²) in [5.74, 6) is -0.0287. The highest BCUT2D eigenvalue weighted by atomic mass is 19.1. The van der Waals surface area contributed by atoms with Crippen LogP contribution in [0, 0.1) is 5.82 Å². The summed E-state index contributed by atoms with van der Waals surface area (Å²) in [5.41, 5.74) is 2.40.